The van der Waals surface area contributed by atoms with Gasteiger partial charge in [0.25, 0.3) is 5.91 Å². The number of unbranched alkanes of at least 4 members (excludes halogenated alkanes) is 3. The van der Waals surface area contributed by atoms with Gasteiger partial charge in [-0.25, -0.2) is 0 Å². The molecule has 0 spiro atoms. The fourth-order valence-electron chi connectivity index (χ4n) is 2.05. The minimum atomic E-state index is -0.207. The Balaban J connectivity index is 1.85. The molecule has 0 radical (unpaired) electrons. The zero-order valence-electron chi connectivity index (χ0n) is 11.4. The summed E-state index contributed by atoms with van der Waals surface area (Å²) in [5.74, 6) is 0.0999. The van der Waals surface area contributed by atoms with E-state index in [0.29, 0.717) is 23.6 Å². The highest BCUT2D eigenvalue weighted by Gasteiger charge is 2.11. The minimum Gasteiger partial charge on any atom is -0.451 e. The van der Waals surface area contributed by atoms with Crippen molar-refractivity contribution < 1.29 is 14.3 Å². The van der Waals surface area contributed by atoms with Crippen LogP contribution < -0.4 is 11.1 Å². The van der Waals surface area contributed by atoms with Gasteiger partial charge in [0.2, 0.25) is 0 Å². The van der Waals surface area contributed by atoms with Gasteiger partial charge in [0.15, 0.2) is 5.76 Å². The number of amides is 1. The van der Waals surface area contributed by atoms with Crippen molar-refractivity contribution in [3.63, 3.8) is 0 Å². The summed E-state index contributed by atoms with van der Waals surface area (Å²) in [5, 5.41) is 12.3. The van der Waals surface area contributed by atoms with E-state index in [9.17, 15) is 4.79 Å². The van der Waals surface area contributed by atoms with E-state index in [4.69, 9.17) is 15.3 Å². The van der Waals surface area contributed by atoms with Crippen molar-refractivity contribution in [1.82, 2.24) is 5.32 Å². The topological polar surface area (TPSA) is 88.5 Å². The average molecular weight is 276 g/mol. The number of carbonyl (C=O) groups excluding carboxylic acids is 1. The highest BCUT2D eigenvalue weighted by atomic mass is 16.3. The first-order chi connectivity index (χ1) is 9.70. The third-order valence-corrected chi connectivity index (χ3v) is 3.13. The summed E-state index contributed by atoms with van der Waals surface area (Å²) >= 11 is 0. The van der Waals surface area contributed by atoms with Crippen LogP contribution in [0.5, 0.6) is 0 Å². The molecule has 0 saturated carbocycles. The van der Waals surface area contributed by atoms with Crippen molar-refractivity contribution in [3.05, 3.63) is 30.0 Å². The van der Waals surface area contributed by atoms with E-state index >= 15 is 0 Å². The van der Waals surface area contributed by atoms with Crippen LogP contribution >= 0.6 is 0 Å². The van der Waals surface area contributed by atoms with Gasteiger partial charge in [-0.2, -0.15) is 0 Å². The van der Waals surface area contributed by atoms with Crippen LogP contribution in [0, 0.1) is 0 Å². The first-order valence-electron chi connectivity index (χ1n) is 6.89. The average Bonchev–Trinajstić information content (AvgIpc) is 2.85. The number of aliphatic hydroxyl groups excluding tert-OH is 1. The Morgan fingerprint density at radius 2 is 2.00 bits per heavy atom. The molecule has 108 valence electrons. The summed E-state index contributed by atoms with van der Waals surface area (Å²) in [6.07, 6.45) is 3.70. The molecule has 0 fully saturated rings. The van der Waals surface area contributed by atoms with E-state index in [1.165, 1.54) is 0 Å². The maximum Gasteiger partial charge on any atom is 0.287 e. The number of hydrogen-bond donors (Lipinski definition) is 3. The lowest BCUT2D eigenvalue weighted by Crippen LogP contribution is -2.23. The number of carbonyl (C=O) groups is 1. The predicted octanol–water partition coefficient (Wildman–Crippen LogP) is 2.30. The monoisotopic (exact) mass is 276 g/mol. The van der Waals surface area contributed by atoms with E-state index in [1.54, 1.807) is 24.3 Å². The molecule has 0 bridgehead atoms. The molecule has 2 aromatic rings. The molecular weight excluding hydrogens is 256 g/mol. The van der Waals surface area contributed by atoms with Crippen molar-refractivity contribution in [2.24, 2.45) is 0 Å². The van der Waals surface area contributed by atoms with Gasteiger partial charge in [-0.05, 0) is 37.1 Å². The van der Waals surface area contributed by atoms with Gasteiger partial charge in [0, 0.05) is 24.2 Å². The molecule has 1 aromatic carbocycles. The molecule has 0 aliphatic heterocycles. The van der Waals surface area contributed by atoms with Gasteiger partial charge >= 0.3 is 0 Å². The third-order valence-electron chi connectivity index (χ3n) is 3.13. The van der Waals surface area contributed by atoms with E-state index in [-0.39, 0.29) is 12.5 Å². The molecule has 5 nitrogen and oxygen atoms in total. The molecule has 0 saturated heterocycles. The van der Waals surface area contributed by atoms with Crippen LogP contribution in [0.3, 0.4) is 0 Å². The molecule has 5 heteroatoms. The highest BCUT2D eigenvalue weighted by molar-refractivity contribution is 5.96. The zero-order chi connectivity index (χ0) is 14.4. The highest BCUT2D eigenvalue weighted by Crippen LogP contribution is 2.21. The summed E-state index contributed by atoms with van der Waals surface area (Å²) in [5.41, 5.74) is 6.99. The van der Waals surface area contributed by atoms with Gasteiger partial charge < -0.3 is 20.6 Å². The Labute approximate surface area is 117 Å². The number of nitrogen functional groups attached to an aromatic ring is 1. The summed E-state index contributed by atoms with van der Waals surface area (Å²) in [4.78, 5) is 11.9. The van der Waals surface area contributed by atoms with E-state index in [0.717, 1.165) is 31.1 Å². The molecule has 2 rings (SSSR count). The first-order valence-corrected chi connectivity index (χ1v) is 6.89. The molecule has 0 aliphatic rings. The van der Waals surface area contributed by atoms with Crippen LogP contribution in [0.4, 0.5) is 5.69 Å². The van der Waals surface area contributed by atoms with Gasteiger partial charge in [-0.3, -0.25) is 4.79 Å². The lowest BCUT2D eigenvalue weighted by Gasteiger charge is -2.02. The zero-order valence-corrected chi connectivity index (χ0v) is 11.4. The molecule has 1 amide bonds. The molecule has 0 aliphatic carbocycles. The number of hydrogen-bond acceptors (Lipinski definition) is 4. The van der Waals surface area contributed by atoms with Gasteiger partial charge in [0.1, 0.15) is 5.58 Å². The Kier molecular flexibility index (Phi) is 5.01. The fourth-order valence-corrected chi connectivity index (χ4v) is 2.05. The fraction of sp³-hybridized carbons (Fsp3) is 0.400. The molecule has 0 atom stereocenters. The second-order valence-electron chi connectivity index (χ2n) is 4.80. The van der Waals surface area contributed by atoms with Crippen LogP contribution in [0.2, 0.25) is 0 Å². The minimum absolute atomic E-state index is 0.207. The van der Waals surface area contributed by atoms with Gasteiger partial charge in [-0.15, -0.1) is 0 Å². The number of anilines is 1. The van der Waals surface area contributed by atoms with Crippen molar-refractivity contribution >= 4 is 22.6 Å². The molecule has 1 heterocycles. The Bertz CT molecular complexity index is 578. The number of benzene rings is 1. The number of nitrogens with one attached hydrogen (secondary N) is 1. The summed E-state index contributed by atoms with van der Waals surface area (Å²) in [7, 11) is 0. The number of rotatable bonds is 7. The maximum absolute atomic E-state index is 11.9. The molecule has 1 aromatic heterocycles. The molecule has 20 heavy (non-hydrogen) atoms. The second-order valence-corrected chi connectivity index (χ2v) is 4.80. The molecule has 0 unspecified atom stereocenters. The lowest BCUT2D eigenvalue weighted by atomic mass is 10.2. The maximum atomic E-state index is 11.9. The first kappa shape index (κ1) is 14.4. The number of furan rings is 1. The van der Waals surface area contributed by atoms with E-state index in [2.05, 4.69) is 5.32 Å². The Hall–Kier alpha value is -2.01. The van der Waals surface area contributed by atoms with Crippen LogP contribution in [0.25, 0.3) is 11.0 Å². The second kappa shape index (κ2) is 6.96. The largest absolute Gasteiger partial charge is 0.451 e. The van der Waals surface area contributed by atoms with Crippen molar-refractivity contribution in [2.75, 3.05) is 18.9 Å². The summed E-state index contributed by atoms with van der Waals surface area (Å²) in [6, 6.07) is 6.99. The molecular formula is C15H20N2O3. The van der Waals surface area contributed by atoms with Gasteiger partial charge in [0.05, 0.1) is 0 Å². The van der Waals surface area contributed by atoms with Gasteiger partial charge in [-0.1, -0.05) is 12.8 Å². The van der Waals surface area contributed by atoms with Crippen molar-refractivity contribution in [2.45, 2.75) is 25.7 Å². The number of fused-ring (bicyclic) bond motifs is 1. The Morgan fingerprint density at radius 1 is 1.20 bits per heavy atom. The van der Waals surface area contributed by atoms with Crippen LogP contribution in [-0.2, 0) is 0 Å². The van der Waals surface area contributed by atoms with Crippen LogP contribution in [-0.4, -0.2) is 24.2 Å². The number of nitrogens with two attached hydrogens (primary N) is 1. The van der Waals surface area contributed by atoms with Crippen molar-refractivity contribution in [1.29, 1.82) is 0 Å². The standard InChI is InChI=1S/C15H20N2O3/c16-12-5-6-13-11(9-12)10-14(20-13)15(19)17-7-3-1-2-4-8-18/h5-6,9-10,18H,1-4,7-8,16H2,(H,17,19). The van der Waals surface area contributed by atoms with E-state index < -0.39 is 0 Å². The lowest BCUT2D eigenvalue weighted by molar-refractivity contribution is 0.0927. The smallest absolute Gasteiger partial charge is 0.287 e. The van der Waals surface area contributed by atoms with Crippen LogP contribution in [0.15, 0.2) is 28.7 Å². The quantitative estimate of drug-likeness (QED) is 0.535. The summed E-state index contributed by atoms with van der Waals surface area (Å²) < 4.78 is 5.48. The van der Waals surface area contributed by atoms with E-state index in [1.807, 2.05) is 0 Å². The normalized spacial score (nSPS) is 10.8. The number of aliphatic hydroxyl groups is 1. The Morgan fingerprint density at radius 3 is 2.80 bits per heavy atom. The third kappa shape index (κ3) is 3.74. The van der Waals surface area contributed by atoms with Crippen LogP contribution in [0.1, 0.15) is 36.2 Å². The summed E-state index contributed by atoms with van der Waals surface area (Å²) in [6.45, 7) is 0.845. The molecule has 4 N–H and O–H groups in total. The SMILES string of the molecule is Nc1ccc2oc(C(=O)NCCCCCCO)cc2c1. The van der Waals surface area contributed by atoms with Crippen molar-refractivity contribution in [3.8, 4) is 0 Å². The predicted molar refractivity (Wildman–Crippen MR) is 78.5 cm³/mol.